The van der Waals surface area contributed by atoms with Crippen LogP contribution in [0.1, 0.15) is 12.5 Å². The molecule has 0 bridgehead atoms. The molecule has 1 aliphatic rings. The third-order valence-electron chi connectivity index (χ3n) is 3.84. The van der Waals surface area contributed by atoms with Gasteiger partial charge in [-0.3, -0.25) is 0 Å². The molecule has 0 saturated carbocycles. The summed E-state index contributed by atoms with van der Waals surface area (Å²) in [7, 11) is 0. The van der Waals surface area contributed by atoms with Crippen molar-refractivity contribution in [3.05, 3.63) is 66.0 Å². The quantitative estimate of drug-likeness (QED) is 0.869. The topological polar surface area (TPSA) is 32.7 Å². The summed E-state index contributed by atoms with van der Waals surface area (Å²) in [6.45, 7) is 7.44. The van der Waals surface area contributed by atoms with Crippen LogP contribution in [0.2, 0.25) is 0 Å². The second-order valence-electron chi connectivity index (χ2n) is 6.06. The number of hydrogen-bond acceptors (Lipinski definition) is 3. The van der Waals surface area contributed by atoms with E-state index in [0.29, 0.717) is 12.2 Å². The van der Waals surface area contributed by atoms with Crippen molar-refractivity contribution in [3.63, 3.8) is 0 Å². The average Bonchev–Trinajstić information content (AvgIpc) is 2.48. The fraction of sp³-hybridized carbons (Fsp3) is 0.263. The highest BCUT2D eigenvalue weighted by Crippen LogP contribution is 2.37. The molecule has 3 nitrogen and oxygen atoms in total. The summed E-state index contributed by atoms with van der Waals surface area (Å²) < 4.78 is 19.1. The minimum atomic E-state index is -0.238. The lowest BCUT2D eigenvalue weighted by Crippen LogP contribution is -2.41. The van der Waals surface area contributed by atoms with Gasteiger partial charge < -0.3 is 14.7 Å². The van der Waals surface area contributed by atoms with Crippen LogP contribution >= 0.6 is 0 Å². The van der Waals surface area contributed by atoms with E-state index in [4.69, 9.17) is 4.74 Å². The van der Waals surface area contributed by atoms with Gasteiger partial charge in [-0.15, -0.1) is 0 Å². The Hall–Kier alpha value is -2.49. The third kappa shape index (κ3) is 3.65. The minimum Gasteiger partial charge on any atom is -0.508 e. The molecule has 0 amide bonds. The first kappa shape index (κ1) is 15.4. The average molecular weight is 313 g/mol. The van der Waals surface area contributed by atoms with E-state index in [2.05, 4.69) is 11.5 Å². The maximum absolute atomic E-state index is 13.0. The molecule has 4 heteroatoms. The summed E-state index contributed by atoms with van der Waals surface area (Å²) in [4.78, 5) is 2.20. The van der Waals surface area contributed by atoms with E-state index in [9.17, 15) is 9.50 Å². The highest BCUT2D eigenvalue weighted by Gasteiger charge is 2.26. The molecular formula is C19H20FNO2. The molecule has 0 aliphatic carbocycles. The van der Waals surface area contributed by atoms with Gasteiger partial charge in [-0.05, 0) is 36.8 Å². The zero-order valence-corrected chi connectivity index (χ0v) is 13.1. The second-order valence-corrected chi connectivity index (χ2v) is 6.06. The molecule has 1 atom stereocenters. The first-order valence-electron chi connectivity index (χ1n) is 7.65. The van der Waals surface area contributed by atoms with Crippen molar-refractivity contribution in [2.24, 2.45) is 0 Å². The number of halogens is 1. The molecule has 2 aromatic carbocycles. The molecule has 1 unspecified atom stereocenters. The van der Waals surface area contributed by atoms with Gasteiger partial charge in [0, 0.05) is 19.0 Å². The SMILES string of the molecule is C=C(C)CN1CC(Cc2ccc(F)cc2)Oc2cc(O)ccc21. The van der Waals surface area contributed by atoms with Gasteiger partial charge in [0.25, 0.3) is 0 Å². The zero-order chi connectivity index (χ0) is 16.4. The summed E-state index contributed by atoms with van der Waals surface area (Å²) in [6.07, 6.45) is 0.622. The number of phenolic OH excluding ortho intramolecular Hbond substituents is 1. The number of ether oxygens (including phenoxy) is 1. The Morgan fingerprint density at radius 1 is 1.30 bits per heavy atom. The number of anilines is 1. The number of nitrogens with zero attached hydrogens (tertiary/aromatic N) is 1. The number of benzene rings is 2. The van der Waals surface area contributed by atoms with Crippen LogP contribution in [-0.4, -0.2) is 24.3 Å². The Kier molecular flexibility index (Phi) is 4.24. The van der Waals surface area contributed by atoms with Crippen molar-refractivity contribution in [2.45, 2.75) is 19.4 Å². The molecule has 120 valence electrons. The van der Waals surface area contributed by atoms with E-state index in [-0.39, 0.29) is 17.7 Å². The number of fused-ring (bicyclic) bond motifs is 1. The van der Waals surface area contributed by atoms with Crippen molar-refractivity contribution in [1.82, 2.24) is 0 Å². The molecule has 2 aromatic rings. The Morgan fingerprint density at radius 2 is 2.04 bits per heavy atom. The van der Waals surface area contributed by atoms with E-state index in [0.717, 1.165) is 29.9 Å². The molecule has 3 rings (SSSR count). The number of aromatic hydroxyl groups is 1. The Bertz CT molecular complexity index is 712. The van der Waals surface area contributed by atoms with Gasteiger partial charge in [-0.1, -0.05) is 24.3 Å². The fourth-order valence-electron chi connectivity index (χ4n) is 2.88. The standard InChI is InChI=1S/C19H20FNO2/c1-13(2)11-21-12-17(9-14-3-5-15(20)6-4-14)23-19-10-16(22)7-8-18(19)21/h3-8,10,17,22H,1,9,11-12H2,2H3. The maximum Gasteiger partial charge on any atom is 0.146 e. The van der Waals surface area contributed by atoms with Crippen LogP contribution in [0.4, 0.5) is 10.1 Å². The highest BCUT2D eigenvalue weighted by atomic mass is 19.1. The van der Waals surface area contributed by atoms with Crippen LogP contribution in [0.15, 0.2) is 54.6 Å². The first-order valence-corrected chi connectivity index (χ1v) is 7.65. The molecule has 0 radical (unpaired) electrons. The second kappa shape index (κ2) is 6.32. The van der Waals surface area contributed by atoms with Crippen LogP contribution < -0.4 is 9.64 Å². The molecule has 23 heavy (non-hydrogen) atoms. The van der Waals surface area contributed by atoms with Crippen LogP contribution in [0.25, 0.3) is 0 Å². The molecule has 0 saturated heterocycles. The highest BCUT2D eigenvalue weighted by molar-refractivity contribution is 5.63. The van der Waals surface area contributed by atoms with E-state index >= 15 is 0 Å². The summed E-state index contributed by atoms with van der Waals surface area (Å²) >= 11 is 0. The number of rotatable bonds is 4. The van der Waals surface area contributed by atoms with Gasteiger partial charge in [0.15, 0.2) is 0 Å². The summed E-state index contributed by atoms with van der Waals surface area (Å²) in [6, 6.07) is 11.6. The summed E-state index contributed by atoms with van der Waals surface area (Å²) in [5, 5.41) is 9.71. The zero-order valence-electron chi connectivity index (χ0n) is 13.1. The van der Waals surface area contributed by atoms with Crippen molar-refractivity contribution < 1.29 is 14.2 Å². The molecule has 0 aromatic heterocycles. The van der Waals surface area contributed by atoms with Gasteiger partial charge in [0.1, 0.15) is 23.4 Å². The normalized spacial score (nSPS) is 16.6. The van der Waals surface area contributed by atoms with Crippen LogP contribution in [0.5, 0.6) is 11.5 Å². The van der Waals surface area contributed by atoms with Gasteiger partial charge in [0.05, 0.1) is 12.2 Å². The summed E-state index contributed by atoms with van der Waals surface area (Å²) in [5.74, 6) is 0.614. The monoisotopic (exact) mass is 313 g/mol. The molecule has 0 spiro atoms. The Morgan fingerprint density at radius 3 is 2.74 bits per heavy atom. The predicted octanol–water partition coefficient (Wildman–Crippen LogP) is 3.92. The smallest absolute Gasteiger partial charge is 0.146 e. The third-order valence-corrected chi connectivity index (χ3v) is 3.84. The lowest BCUT2D eigenvalue weighted by molar-refractivity contribution is 0.194. The van der Waals surface area contributed by atoms with Gasteiger partial charge >= 0.3 is 0 Å². The molecule has 1 N–H and O–H groups in total. The van der Waals surface area contributed by atoms with E-state index in [1.165, 1.54) is 12.1 Å². The number of phenols is 1. The minimum absolute atomic E-state index is 0.0610. The van der Waals surface area contributed by atoms with Crippen LogP contribution in [-0.2, 0) is 6.42 Å². The number of hydrogen-bond donors (Lipinski definition) is 1. The van der Waals surface area contributed by atoms with Crippen molar-refractivity contribution in [3.8, 4) is 11.5 Å². The Balaban J connectivity index is 1.83. The maximum atomic E-state index is 13.0. The predicted molar refractivity (Wildman–Crippen MR) is 89.7 cm³/mol. The van der Waals surface area contributed by atoms with Crippen molar-refractivity contribution in [2.75, 3.05) is 18.0 Å². The molecule has 1 heterocycles. The van der Waals surface area contributed by atoms with Crippen molar-refractivity contribution >= 4 is 5.69 Å². The summed E-state index contributed by atoms with van der Waals surface area (Å²) in [5.41, 5.74) is 3.04. The van der Waals surface area contributed by atoms with E-state index in [1.807, 2.05) is 13.0 Å². The Labute approximate surface area is 135 Å². The fourth-order valence-corrected chi connectivity index (χ4v) is 2.88. The van der Waals surface area contributed by atoms with Crippen LogP contribution in [0.3, 0.4) is 0 Å². The lowest BCUT2D eigenvalue weighted by Gasteiger charge is -2.36. The van der Waals surface area contributed by atoms with Gasteiger partial charge in [-0.25, -0.2) is 4.39 Å². The first-order chi connectivity index (χ1) is 11.0. The molecule has 1 aliphatic heterocycles. The largest absolute Gasteiger partial charge is 0.508 e. The lowest BCUT2D eigenvalue weighted by atomic mass is 10.0. The van der Waals surface area contributed by atoms with E-state index in [1.54, 1.807) is 24.3 Å². The van der Waals surface area contributed by atoms with Gasteiger partial charge in [0.2, 0.25) is 0 Å². The van der Waals surface area contributed by atoms with Gasteiger partial charge in [-0.2, -0.15) is 0 Å². The van der Waals surface area contributed by atoms with Crippen LogP contribution in [0, 0.1) is 5.82 Å². The van der Waals surface area contributed by atoms with E-state index < -0.39 is 0 Å². The molecular weight excluding hydrogens is 293 g/mol. The molecule has 0 fully saturated rings. The van der Waals surface area contributed by atoms with Crippen molar-refractivity contribution in [1.29, 1.82) is 0 Å².